The number of rotatable bonds is 7. The summed E-state index contributed by atoms with van der Waals surface area (Å²) in [6, 6.07) is 1.95. The Hall–Kier alpha value is -1.29. The lowest BCUT2D eigenvalue weighted by Gasteiger charge is -2.19. The third kappa shape index (κ3) is 5.00. The Morgan fingerprint density at radius 1 is 1.35 bits per heavy atom. The predicted molar refractivity (Wildman–Crippen MR) is 81.4 cm³/mol. The molecule has 20 heavy (non-hydrogen) atoms. The molecule has 2 atom stereocenters. The number of carbonyl (C=O) groups excluding carboxylic acids is 1. The SMILES string of the molecule is Cc1cc(C(C)NC(=O)CC(CN)CC(C)C)c(C)o1. The molecule has 1 aromatic rings. The Kier molecular flexibility index (Phi) is 6.27. The van der Waals surface area contributed by atoms with E-state index in [2.05, 4.69) is 19.2 Å². The Bertz CT molecular complexity index is 438. The molecule has 1 amide bonds. The lowest BCUT2D eigenvalue weighted by molar-refractivity contribution is -0.122. The standard InChI is InChI=1S/C16H28N2O2/c1-10(2)6-14(9-17)8-16(19)18-12(4)15-7-11(3)20-13(15)5/h7,10,12,14H,6,8-9,17H2,1-5H3,(H,18,19). The van der Waals surface area contributed by atoms with Crippen molar-refractivity contribution in [1.29, 1.82) is 0 Å². The molecule has 0 saturated heterocycles. The van der Waals surface area contributed by atoms with Gasteiger partial charge in [-0.15, -0.1) is 0 Å². The average molecular weight is 280 g/mol. The topological polar surface area (TPSA) is 68.3 Å². The first kappa shape index (κ1) is 16.8. The summed E-state index contributed by atoms with van der Waals surface area (Å²) in [5.41, 5.74) is 6.79. The molecule has 0 saturated carbocycles. The fourth-order valence-electron chi connectivity index (χ4n) is 2.65. The summed E-state index contributed by atoms with van der Waals surface area (Å²) in [6.45, 7) is 10.7. The van der Waals surface area contributed by atoms with Gasteiger partial charge in [0.15, 0.2) is 0 Å². The zero-order valence-electron chi connectivity index (χ0n) is 13.3. The first-order valence-corrected chi connectivity index (χ1v) is 7.39. The van der Waals surface area contributed by atoms with E-state index in [0.29, 0.717) is 18.9 Å². The van der Waals surface area contributed by atoms with Gasteiger partial charge in [-0.1, -0.05) is 13.8 Å². The zero-order chi connectivity index (χ0) is 15.3. The molecule has 0 aliphatic rings. The van der Waals surface area contributed by atoms with Gasteiger partial charge in [-0.05, 0) is 51.6 Å². The number of amides is 1. The second-order valence-electron chi connectivity index (χ2n) is 6.09. The van der Waals surface area contributed by atoms with Crippen LogP contribution in [-0.4, -0.2) is 12.5 Å². The van der Waals surface area contributed by atoms with Gasteiger partial charge in [-0.25, -0.2) is 0 Å². The normalized spacial score (nSPS) is 14.3. The molecule has 4 nitrogen and oxygen atoms in total. The van der Waals surface area contributed by atoms with E-state index in [4.69, 9.17) is 10.2 Å². The fraction of sp³-hybridized carbons (Fsp3) is 0.688. The van der Waals surface area contributed by atoms with Crippen molar-refractivity contribution in [3.05, 3.63) is 23.2 Å². The Labute approximate surface area is 122 Å². The minimum absolute atomic E-state index is 0.0302. The number of hydrogen-bond acceptors (Lipinski definition) is 3. The van der Waals surface area contributed by atoms with Crippen molar-refractivity contribution in [1.82, 2.24) is 5.32 Å². The van der Waals surface area contributed by atoms with Gasteiger partial charge in [0.1, 0.15) is 11.5 Å². The van der Waals surface area contributed by atoms with Crippen LogP contribution in [0.3, 0.4) is 0 Å². The van der Waals surface area contributed by atoms with Crippen LogP contribution in [0, 0.1) is 25.7 Å². The molecule has 4 heteroatoms. The number of nitrogens with one attached hydrogen (secondary N) is 1. The summed E-state index contributed by atoms with van der Waals surface area (Å²) >= 11 is 0. The summed E-state index contributed by atoms with van der Waals surface area (Å²) in [4.78, 5) is 12.1. The highest BCUT2D eigenvalue weighted by atomic mass is 16.3. The quantitative estimate of drug-likeness (QED) is 0.806. The molecule has 0 aliphatic heterocycles. The largest absolute Gasteiger partial charge is 0.466 e. The number of hydrogen-bond donors (Lipinski definition) is 2. The van der Waals surface area contributed by atoms with E-state index in [1.807, 2.05) is 26.8 Å². The van der Waals surface area contributed by atoms with Crippen molar-refractivity contribution < 1.29 is 9.21 Å². The molecule has 0 fully saturated rings. The van der Waals surface area contributed by atoms with E-state index in [-0.39, 0.29) is 17.9 Å². The lowest BCUT2D eigenvalue weighted by atomic mass is 9.94. The van der Waals surface area contributed by atoms with Crippen molar-refractivity contribution in [2.45, 2.75) is 53.5 Å². The van der Waals surface area contributed by atoms with Gasteiger partial charge in [-0.3, -0.25) is 4.79 Å². The van der Waals surface area contributed by atoms with Crippen molar-refractivity contribution in [3.63, 3.8) is 0 Å². The second-order valence-corrected chi connectivity index (χ2v) is 6.09. The average Bonchev–Trinajstić information content (AvgIpc) is 2.66. The number of carbonyl (C=O) groups is 1. The maximum atomic E-state index is 12.1. The summed E-state index contributed by atoms with van der Waals surface area (Å²) in [5.74, 6) is 2.62. The van der Waals surface area contributed by atoms with Crippen LogP contribution < -0.4 is 11.1 Å². The van der Waals surface area contributed by atoms with Crippen LogP contribution >= 0.6 is 0 Å². The first-order chi connectivity index (χ1) is 9.33. The summed E-state index contributed by atoms with van der Waals surface area (Å²) in [7, 11) is 0. The van der Waals surface area contributed by atoms with Gasteiger partial charge in [0, 0.05) is 12.0 Å². The molecule has 2 unspecified atom stereocenters. The van der Waals surface area contributed by atoms with Gasteiger partial charge in [-0.2, -0.15) is 0 Å². The maximum absolute atomic E-state index is 12.1. The van der Waals surface area contributed by atoms with E-state index in [1.165, 1.54) is 0 Å². The smallest absolute Gasteiger partial charge is 0.220 e. The highest BCUT2D eigenvalue weighted by Gasteiger charge is 2.18. The number of aryl methyl sites for hydroxylation is 2. The first-order valence-electron chi connectivity index (χ1n) is 7.39. The van der Waals surface area contributed by atoms with Crippen LogP contribution in [0.15, 0.2) is 10.5 Å². The van der Waals surface area contributed by atoms with Crippen LogP contribution in [0.4, 0.5) is 0 Å². The Morgan fingerprint density at radius 2 is 2.00 bits per heavy atom. The number of nitrogens with two attached hydrogens (primary N) is 1. The van der Waals surface area contributed by atoms with Crippen molar-refractivity contribution in [3.8, 4) is 0 Å². The molecule has 0 aliphatic carbocycles. The van der Waals surface area contributed by atoms with Crippen LogP contribution in [0.1, 0.15) is 56.7 Å². The lowest BCUT2D eigenvalue weighted by Crippen LogP contribution is -2.30. The third-order valence-electron chi connectivity index (χ3n) is 3.54. The monoisotopic (exact) mass is 280 g/mol. The molecular formula is C16H28N2O2. The van der Waals surface area contributed by atoms with Crippen LogP contribution in [0.25, 0.3) is 0 Å². The predicted octanol–water partition coefficient (Wildman–Crippen LogP) is 3.08. The number of furan rings is 1. The van der Waals surface area contributed by atoms with Gasteiger partial charge < -0.3 is 15.5 Å². The Balaban J connectivity index is 2.55. The minimum atomic E-state index is -0.0302. The molecule has 1 heterocycles. The highest BCUT2D eigenvalue weighted by molar-refractivity contribution is 5.76. The molecule has 0 bridgehead atoms. The summed E-state index contributed by atoms with van der Waals surface area (Å²) in [5, 5.41) is 3.03. The van der Waals surface area contributed by atoms with Gasteiger partial charge in [0.25, 0.3) is 0 Å². The summed E-state index contributed by atoms with van der Waals surface area (Å²) < 4.78 is 5.50. The van der Waals surface area contributed by atoms with Crippen LogP contribution in [0.2, 0.25) is 0 Å². The van der Waals surface area contributed by atoms with Gasteiger partial charge >= 0.3 is 0 Å². The molecule has 0 aromatic carbocycles. The second kappa shape index (κ2) is 7.48. The fourth-order valence-corrected chi connectivity index (χ4v) is 2.65. The highest BCUT2D eigenvalue weighted by Crippen LogP contribution is 2.22. The molecule has 0 radical (unpaired) electrons. The molecule has 0 spiro atoms. The van der Waals surface area contributed by atoms with Crippen molar-refractivity contribution in [2.24, 2.45) is 17.6 Å². The molecule has 3 N–H and O–H groups in total. The van der Waals surface area contributed by atoms with E-state index in [9.17, 15) is 4.79 Å². The molecular weight excluding hydrogens is 252 g/mol. The summed E-state index contributed by atoms with van der Waals surface area (Å²) in [6.07, 6.45) is 1.48. The molecule has 114 valence electrons. The van der Waals surface area contributed by atoms with Crippen LogP contribution in [-0.2, 0) is 4.79 Å². The van der Waals surface area contributed by atoms with E-state index in [1.54, 1.807) is 0 Å². The molecule has 1 rings (SSSR count). The van der Waals surface area contributed by atoms with E-state index >= 15 is 0 Å². The Morgan fingerprint density at radius 3 is 2.45 bits per heavy atom. The van der Waals surface area contributed by atoms with Gasteiger partial charge in [0.05, 0.1) is 6.04 Å². The van der Waals surface area contributed by atoms with E-state index < -0.39 is 0 Å². The van der Waals surface area contributed by atoms with Crippen LogP contribution in [0.5, 0.6) is 0 Å². The third-order valence-corrected chi connectivity index (χ3v) is 3.54. The zero-order valence-corrected chi connectivity index (χ0v) is 13.3. The van der Waals surface area contributed by atoms with Gasteiger partial charge in [0.2, 0.25) is 5.91 Å². The van der Waals surface area contributed by atoms with Crippen molar-refractivity contribution >= 4 is 5.91 Å². The van der Waals surface area contributed by atoms with E-state index in [0.717, 1.165) is 23.5 Å². The minimum Gasteiger partial charge on any atom is -0.466 e. The van der Waals surface area contributed by atoms with Crippen molar-refractivity contribution in [2.75, 3.05) is 6.54 Å². The maximum Gasteiger partial charge on any atom is 0.220 e. The molecule has 1 aromatic heterocycles.